The molecule has 3 aliphatic carbocycles. The summed E-state index contributed by atoms with van der Waals surface area (Å²) in [7, 11) is 2.73. The number of likely N-dealkylation sites (tertiary alicyclic amines) is 2. The predicted molar refractivity (Wildman–Crippen MR) is 260 cm³/mol. The summed E-state index contributed by atoms with van der Waals surface area (Å²) in [5.74, 6) is 2.10. The summed E-state index contributed by atoms with van der Waals surface area (Å²) in [5.41, 5.74) is 10.3. The highest BCUT2D eigenvalue weighted by molar-refractivity contribution is 5.88. The van der Waals surface area contributed by atoms with Gasteiger partial charge in [-0.3, -0.25) is 9.59 Å². The summed E-state index contributed by atoms with van der Waals surface area (Å²) in [5, 5.41) is 2.83. The lowest BCUT2D eigenvalue weighted by Gasteiger charge is -2.36. The van der Waals surface area contributed by atoms with E-state index >= 15 is 0 Å². The van der Waals surface area contributed by atoms with Crippen LogP contribution in [-0.2, 0) is 30.5 Å². The number of imidazole rings is 2. The smallest absolute Gasteiger partial charge is 0.407 e. The minimum Gasteiger partial charge on any atom is -0.453 e. The number of carbonyl (C=O) groups is 3. The van der Waals surface area contributed by atoms with Crippen molar-refractivity contribution in [1.82, 2.24) is 35.1 Å². The van der Waals surface area contributed by atoms with Crippen molar-refractivity contribution >= 4 is 24.3 Å². The number of aromatic nitrogens is 4. The highest BCUT2D eigenvalue weighted by Gasteiger charge is 2.49. The maximum atomic E-state index is 14.7. The lowest BCUT2D eigenvalue weighted by atomic mass is 9.84. The largest absolute Gasteiger partial charge is 0.453 e. The topological polar surface area (TPSA) is 167 Å². The second kappa shape index (κ2) is 19.1. The zero-order valence-electron chi connectivity index (χ0n) is 39.1. The van der Waals surface area contributed by atoms with Gasteiger partial charge in [-0.2, -0.15) is 4.89 Å². The van der Waals surface area contributed by atoms with Gasteiger partial charge in [-0.15, -0.1) is 0 Å². The first-order valence-electron chi connectivity index (χ1n) is 24.5. The SMILES string of the molecule is COOC=N[C@@H](C(=O)N1[C@@H]2CCCC[C@@H]2C[C@H]1c1ncc(-c2ccc3c(c2)Cc2cc(-c4cnc([C@@H]5C[C@H]6CCCC[C@H]6N5C(=O)[C@H](NC(=O)OC)c5ccccc5)[nH]4)ccc2-3)[nH]1)c1ccccc1. The van der Waals surface area contributed by atoms with Gasteiger partial charge in [0, 0.05) is 12.1 Å². The Kier molecular flexibility index (Phi) is 12.3. The van der Waals surface area contributed by atoms with Crippen LogP contribution in [-0.4, -0.2) is 80.3 Å². The van der Waals surface area contributed by atoms with E-state index in [1.165, 1.54) is 49.3 Å². The minimum absolute atomic E-state index is 0.0640. The third-order valence-corrected chi connectivity index (χ3v) is 15.5. The number of rotatable bonds is 12. The van der Waals surface area contributed by atoms with Gasteiger partial charge in [0.2, 0.25) is 6.40 Å². The van der Waals surface area contributed by atoms with E-state index in [0.717, 1.165) is 104 Å². The van der Waals surface area contributed by atoms with Crippen molar-refractivity contribution in [3.8, 4) is 33.6 Å². The summed E-state index contributed by atoms with van der Waals surface area (Å²) in [6.07, 6.45) is 15.3. The molecule has 4 heterocycles. The zero-order chi connectivity index (χ0) is 47.0. The number of benzene rings is 4. The van der Waals surface area contributed by atoms with Crippen LogP contribution in [0.5, 0.6) is 0 Å². The minimum atomic E-state index is -0.885. The van der Waals surface area contributed by atoms with Crippen LogP contribution < -0.4 is 5.32 Å². The molecule has 69 heavy (non-hydrogen) atoms. The Morgan fingerprint density at radius 3 is 1.74 bits per heavy atom. The summed E-state index contributed by atoms with van der Waals surface area (Å²) in [6.45, 7) is 0. The monoisotopic (exact) mass is 926 g/mol. The van der Waals surface area contributed by atoms with Crippen molar-refractivity contribution in [3.63, 3.8) is 0 Å². The Hall–Kier alpha value is -7.06. The molecule has 8 atom stereocenters. The molecule has 2 aliphatic heterocycles. The number of alkyl carbamates (subject to hydrolysis) is 1. The fourth-order valence-electron chi connectivity index (χ4n) is 12.3. The number of nitrogens with one attached hydrogen (secondary N) is 3. The third kappa shape index (κ3) is 8.49. The third-order valence-electron chi connectivity index (χ3n) is 15.5. The number of amides is 3. The Balaban J connectivity index is 0.827. The summed E-state index contributed by atoms with van der Waals surface area (Å²) < 4.78 is 4.97. The average Bonchev–Trinajstić information content (AvgIpc) is 4.25. The molecule has 354 valence electrons. The number of nitrogens with zero attached hydrogens (tertiary/aromatic N) is 5. The number of aromatic amines is 2. The van der Waals surface area contributed by atoms with Crippen molar-refractivity contribution in [2.75, 3.05) is 14.2 Å². The van der Waals surface area contributed by atoms with Crippen LogP contribution in [0.25, 0.3) is 33.6 Å². The standard InChI is InChI=1S/C55H58N8O6/c1-67-55(66)61-50(34-15-7-4-8-16-34)54(65)63-46-20-12-10-18-38(46)29-48(63)52-57-31-44(60-52)36-22-24-42-40(26-36)27-39-25-35(21-23-41(39)42)43-30-56-51(59-43)47-28-37-17-9-11-19-45(37)62(47)53(64)49(58-32-69-68-2)33-13-5-3-6-14-33/h3-8,13-16,21-26,30-32,37-38,45-50H,9-12,17-20,27-29H2,1-2H3,(H,56,59)(H,57,60)(H,61,66)/t37-,38-,45-,46-,47+,48+,49-,50-/m1/s1. The van der Waals surface area contributed by atoms with Crippen molar-refractivity contribution in [1.29, 1.82) is 0 Å². The van der Waals surface area contributed by atoms with Crippen LogP contribution in [0.4, 0.5) is 4.79 Å². The Morgan fingerprint density at radius 2 is 1.20 bits per heavy atom. The van der Waals surface area contributed by atoms with Crippen LogP contribution >= 0.6 is 0 Å². The second-order valence-electron chi connectivity index (χ2n) is 19.3. The molecule has 0 spiro atoms. The van der Waals surface area contributed by atoms with Gasteiger partial charge < -0.3 is 34.7 Å². The van der Waals surface area contributed by atoms with Crippen LogP contribution in [0.1, 0.15) is 122 Å². The molecule has 4 fully saturated rings. The van der Waals surface area contributed by atoms with Crippen molar-refractivity contribution < 1.29 is 28.9 Å². The number of H-pyrrole nitrogens is 2. The fraction of sp³-hybridized carbons (Fsp3) is 0.382. The van der Waals surface area contributed by atoms with E-state index in [1.807, 2.05) is 78.0 Å². The normalized spacial score (nSPS) is 23.4. The summed E-state index contributed by atoms with van der Waals surface area (Å²) in [4.78, 5) is 77.6. The van der Waals surface area contributed by atoms with Gasteiger partial charge in [0.05, 0.1) is 50.1 Å². The molecule has 4 aromatic carbocycles. The molecule has 14 nitrogen and oxygen atoms in total. The molecule has 6 aromatic rings. The molecule has 0 bridgehead atoms. The first-order valence-corrected chi connectivity index (χ1v) is 24.5. The van der Waals surface area contributed by atoms with E-state index in [2.05, 4.69) is 61.6 Å². The quantitative estimate of drug-likeness (QED) is 0.0471. The van der Waals surface area contributed by atoms with E-state index in [0.29, 0.717) is 17.4 Å². The molecule has 0 unspecified atom stereocenters. The van der Waals surface area contributed by atoms with Crippen LogP contribution in [0.2, 0.25) is 0 Å². The lowest BCUT2D eigenvalue weighted by molar-refractivity contribution is -0.188. The molecule has 5 aliphatic rings. The predicted octanol–water partition coefficient (Wildman–Crippen LogP) is 10.1. The van der Waals surface area contributed by atoms with Gasteiger partial charge >= 0.3 is 6.09 Å². The van der Waals surface area contributed by atoms with E-state index in [-0.39, 0.29) is 36.0 Å². The fourth-order valence-corrected chi connectivity index (χ4v) is 12.3. The maximum absolute atomic E-state index is 14.7. The van der Waals surface area contributed by atoms with Crippen LogP contribution in [0, 0.1) is 11.8 Å². The average molecular weight is 927 g/mol. The molecule has 3 amide bonds. The summed E-state index contributed by atoms with van der Waals surface area (Å²) in [6, 6.07) is 30.3. The van der Waals surface area contributed by atoms with E-state index in [4.69, 9.17) is 24.5 Å². The van der Waals surface area contributed by atoms with Crippen LogP contribution in [0.3, 0.4) is 0 Å². The molecule has 14 heteroatoms. The number of ether oxygens (including phenoxy) is 1. The first-order chi connectivity index (χ1) is 33.9. The van der Waals surface area contributed by atoms with Gasteiger partial charge in [-0.25, -0.2) is 19.8 Å². The highest BCUT2D eigenvalue weighted by Crippen LogP contribution is 2.49. The number of carbonyl (C=O) groups excluding carboxylic acids is 3. The maximum Gasteiger partial charge on any atom is 0.407 e. The molecule has 0 radical (unpaired) electrons. The number of hydrogen-bond donors (Lipinski definition) is 3. The van der Waals surface area contributed by atoms with Crippen molar-refractivity contribution in [2.45, 2.75) is 107 Å². The van der Waals surface area contributed by atoms with Gasteiger partial charge in [-0.05, 0) is 113 Å². The second-order valence-corrected chi connectivity index (χ2v) is 19.3. The Labute approximate surface area is 401 Å². The number of fused-ring (bicyclic) bond motifs is 5. The van der Waals surface area contributed by atoms with Crippen molar-refractivity contribution in [3.05, 3.63) is 143 Å². The lowest BCUT2D eigenvalue weighted by Crippen LogP contribution is -2.47. The molecule has 2 saturated heterocycles. The van der Waals surface area contributed by atoms with Crippen LogP contribution in [0.15, 0.2) is 114 Å². The van der Waals surface area contributed by atoms with Gasteiger partial charge in [0.15, 0.2) is 6.04 Å². The molecular weight excluding hydrogens is 869 g/mol. The molecule has 2 aromatic heterocycles. The Bertz CT molecular complexity index is 2860. The molecule has 2 saturated carbocycles. The Morgan fingerprint density at radius 1 is 0.681 bits per heavy atom. The first kappa shape index (κ1) is 44.4. The van der Waals surface area contributed by atoms with Gasteiger partial charge in [0.25, 0.3) is 11.8 Å². The number of hydrogen-bond acceptors (Lipinski definition) is 9. The van der Waals surface area contributed by atoms with Gasteiger partial charge in [-0.1, -0.05) is 111 Å². The highest BCUT2D eigenvalue weighted by atomic mass is 17.2. The summed E-state index contributed by atoms with van der Waals surface area (Å²) >= 11 is 0. The van der Waals surface area contributed by atoms with Crippen molar-refractivity contribution in [2.24, 2.45) is 16.8 Å². The molecule has 3 N–H and O–H groups in total. The van der Waals surface area contributed by atoms with Gasteiger partial charge in [0.1, 0.15) is 17.7 Å². The molecule has 11 rings (SSSR count). The molecular formula is C55H58N8O6. The number of aliphatic imine (C=N–C) groups is 1. The number of methoxy groups -OCH3 is 1. The van der Waals surface area contributed by atoms with E-state index < -0.39 is 18.2 Å². The van der Waals surface area contributed by atoms with E-state index in [9.17, 15) is 14.4 Å². The van der Waals surface area contributed by atoms with E-state index in [1.54, 1.807) is 0 Å². The zero-order valence-corrected chi connectivity index (χ0v) is 39.1.